The second kappa shape index (κ2) is 8.25. The highest BCUT2D eigenvalue weighted by molar-refractivity contribution is 7.09. The number of ether oxygens (including phenoxy) is 1. The normalized spacial score (nSPS) is 13.9. The average Bonchev–Trinajstić information content (AvgIpc) is 3.45. The minimum Gasteiger partial charge on any atom is -0.485 e. The minimum atomic E-state index is -0.0330. The Kier molecular flexibility index (Phi) is 5.53. The van der Waals surface area contributed by atoms with Gasteiger partial charge in [0.1, 0.15) is 5.75 Å². The zero-order valence-corrected chi connectivity index (χ0v) is 17.5. The Morgan fingerprint density at radius 2 is 1.97 bits per heavy atom. The summed E-state index contributed by atoms with van der Waals surface area (Å²) in [6, 6.07) is 13.5. The fourth-order valence-corrected chi connectivity index (χ4v) is 4.45. The van der Waals surface area contributed by atoms with Gasteiger partial charge in [-0.05, 0) is 62.0 Å². The third kappa shape index (κ3) is 4.12. The van der Waals surface area contributed by atoms with Crippen LogP contribution in [0.1, 0.15) is 39.5 Å². The van der Waals surface area contributed by atoms with E-state index in [2.05, 4.69) is 16.0 Å². The predicted octanol–water partition coefficient (Wildman–Crippen LogP) is 4.60. The van der Waals surface area contributed by atoms with Crippen molar-refractivity contribution in [2.75, 3.05) is 18.1 Å². The van der Waals surface area contributed by atoms with Gasteiger partial charge in [0.15, 0.2) is 6.61 Å². The number of hydrogen-bond acceptors (Lipinski definition) is 4. The molecule has 3 heterocycles. The van der Waals surface area contributed by atoms with Crippen LogP contribution in [-0.4, -0.2) is 29.4 Å². The van der Waals surface area contributed by atoms with Gasteiger partial charge in [-0.1, -0.05) is 6.07 Å². The van der Waals surface area contributed by atoms with Crippen molar-refractivity contribution in [2.24, 2.45) is 0 Å². The van der Waals surface area contributed by atoms with E-state index < -0.39 is 0 Å². The molecular weight excluding hydrogens is 384 g/mol. The smallest absolute Gasteiger partial charge is 0.227 e. The Bertz CT molecular complexity index is 1020. The van der Waals surface area contributed by atoms with Gasteiger partial charge >= 0.3 is 0 Å². The molecule has 5 nitrogen and oxygen atoms in total. The second-order valence-corrected chi connectivity index (χ2v) is 8.34. The van der Waals surface area contributed by atoms with Gasteiger partial charge in [-0.25, -0.2) is 0 Å². The van der Waals surface area contributed by atoms with Gasteiger partial charge in [0.05, 0.1) is 6.54 Å². The summed E-state index contributed by atoms with van der Waals surface area (Å²) in [7, 11) is 0. The molecule has 2 aromatic heterocycles. The molecule has 6 heteroatoms. The fraction of sp³-hybridized carbons (Fsp3) is 0.304. The molecule has 1 aliphatic heterocycles. The summed E-state index contributed by atoms with van der Waals surface area (Å²) in [4.78, 5) is 27.6. The molecule has 0 unspecified atom stereocenters. The molecule has 4 rings (SSSR count). The second-order valence-electron chi connectivity index (χ2n) is 7.30. The summed E-state index contributed by atoms with van der Waals surface area (Å²) in [5.41, 5.74) is 3.62. The Morgan fingerprint density at radius 3 is 2.62 bits per heavy atom. The van der Waals surface area contributed by atoms with Crippen molar-refractivity contribution in [2.45, 2.75) is 33.2 Å². The van der Waals surface area contributed by atoms with Crippen LogP contribution in [0.25, 0.3) is 0 Å². The molecule has 3 aromatic rings. The summed E-state index contributed by atoms with van der Waals surface area (Å²) in [5, 5.41) is 2.06. The SMILES string of the molecule is Cc1cc(C(=O)COc2ccc(N3CCCC3=O)cc2)c(C)n1Cc1cccs1. The molecule has 1 amide bonds. The van der Waals surface area contributed by atoms with Crippen LogP contribution in [0, 0.1) is 13.8 Å². The fourth-order valence-electron chi connectivity index (χ4n) is 3.76. The number of anilines is 1. The lowest BCUT2D eigenvalue weighted by Crippen LogP contribution is -2.23. The van der Waals surface area contributed by atoms with Gasteiger partial charge in [0.2, 0.25) is 11.7 Å². The maximum Gasteiger partial charge on any atom is 0.227 e. The number of carbonyl (C=O) groups excluding carboxylic acids is 2. The number of aromatic nitrogens is 1. The van der Waals surface area contributed by atoms with Crippen LogP contribution in [0.4, 0.5) is 5.69 Å². The van der Waals surface area contributed by atoms with Crippen molar-refractivity contribution in [3.8, 4) is 5.75 Å². The van der Waals surface area contributed by atoms with Crippen LogP contribution >= 0.6 is 11.3 Å². The van der Waals surface area contributed by atoms with Crippen molar-refractivity contribution in [3.05, 3.63) is 69.7 Å². The van der Waals surface area contributed by atoms with Crippen LogP contribution in [0.3, 0.4) is 0 Å². The summed E-state index contributed by atoms with van der Waals surface area (Å²) in [6.07, 6.45) is 1.51. The quantitative estimate of drug-likeness (QED) is 0.537. The molecule has 150 valence electrons. The largest absolute Gasteiger partial charge is 0.485 e. The first-order chi connectivity index (χ1) is 14.0. The average molecular weight is 409 g/mol. The Hall–Kier alpha value is -2.86. The maximum atomic E-state index is 12.7. The Morgan fingerprint density at radius 1 is 1.17 bits per heavy atom. The molecule has 0 atom stereocenters. The van der Waals surface area contributed by atoms with Crippen molar-refractivity contribution in [3.63, 3.8) is 0 Å². The number of amides is 1. The van der Waals surface area contributed by atoms with E-state index in [4.69, 9.17) is 4.74 Å². The van der Waals surface area contributed by atoms with Gasteiger partial charge in [-0.3, -0.25) is 9.59 Å². The molecule has 29 heavy (non-hydrogen) atoms. The van der Waals surface area contributed by atoms with E-state index in [1.54, 1.807) is 16.2 Å². The van der Waals surface area contributed by atoms with Crippen molar-refractivity contribution >= 4 is 28.7 Å². The maximum absolute atomic E-state index is 12.7. The predicted molar refractivity (Wildman–Crippen MR) is 115 cm³/mol. The molecule has 0 spiro atoms. The van der Waals surface area contributed by atoms with Gasteiger partial charge in [-0.2, -0.15) is 0 Å². The van der Waals surface area contributed by atoms with E-state index in [-0.39, 0.29) is 18.3 Å². The van der Waals surface area contributed by atoms with E-state index in [1.807, 2.05) is 50.2 Å². The number of nitrogens with zero attached hydrogens (tertiary/aromatic N) is 2. The van der Waals surface area contributed by atoms with Crippen molar-refractivity contribution < 1.29 is 14.3 Å². The number of carbonyl (C=O) groups is 2. The molecule has 1 aliphatic rings. The van der Waals surface area contributed by atoms with Gasteiger partial charge in [0, 0.05) is 40.5 Å². The standard InChI is InChI=1S/C23H24N2O3S/c1-16-13-21(17(2)25(16)14-20-5-4-12-29-20)22(26)15-28-19-9-7-18(8-10-19)24-11-3-6-23(24)27/h4-5,7-10,12-13H,3,6,11,14-15H2,1-2H3. The number of thiophene rings is 1. The molecule has 0 aliphatic carbocycles. The van der Waals surface area contributed by atoms with Crippen LogP contribution in [0.5, 0.6) is 5.75 Å². The third-order valence-corrected chi connectivity index (χ3v) is 6.22. The molecular formula is C23H24N2O3S. The molecule has 1 saturated heterocycles. The van der Waals surface area contributed by atoms with Gasteiger partial charge in [0.25, 0.3) is 0 Å². The number of aryl methyl sites for hydroxylation is 1. The topological polar surface area (TPSA) is 51.5 Å². The summed E-state index contributed by atoms with van der Waals surface area (Å²) in [6.45, 7) is 5.54. The third-order valence-electron chi connectivity index (χ3n) is 5.36. The lowest BCUT2D eigenvalue weighted by atomic mass is 10.1. The number of hydrogen-bond donors (Lipinski definition) is 0. The highest BCUT2D eigenvalue weighted by Crippen LogP contribution is 2.24. The van der Waals surface area contributed by atoms with E-state index in [1.165, 1.54) is 4.88 Å². The lowest BCUT2D eigenvalue weighted by molar-refractivity contribution is -0.117. The van der Waals surface area contributed by atoms with Crippen LogP contribution in [0.2, 0.25) is 0 Å². The number of benzene rings is 1. The first kappa shape index (κ1) is 19.5. The van der Waals surface area contributed by atoms with Crippen LogP contribution in [-0.2, 0) is 11.3 Å². The van der Waals surface area contributed by atoms with Crippen LogP contribution in [0.15, 0.2) is 47.8 Å². The monoisotopic (exact) mass is 408 g/mol. The van der Waals surface area contributed by atoms with Gasteiger partial charge < -0.3 is 14.2 Å². The van der Waals surface area contributed by atoms with E-state index in [9.17, 15) is 9.59 Å². The first-order valence-corrected chi connectivity index (χ1v) is 10.7. The van der Waals surface area contributed by atoms with Crippen molar-refractivity contribution in [1.82, 2.24) is 4.57 Å². The molecule has 0 saturated carbocycles. The molecule has 1 fully saturated rings. The molecule has 0 radical (unpaired) electrons. The Labute approximate surface area is 174 Å². The first-order valence-electron chi connectivity index (χ1n) is 9.78. The highest BCUT2D eigenvalue weighted by atomic mass is 32.1. The summed E-state index contributed by atoms with van der Waals surface area (Å²) in [5.74, 6) is 0.752. The number of rotatable bonds is 7. The molecule has 1 aromatic carbocycles. The number of Topliss-reactive ketones (excluding diaryl/α,β-unsaturated/α-hetero) is 1. The van der Waals surface area contributed by atoms with Gasteiger partial charge in [-0.15, -0.1) is 11.3 Å². The van der Waals surface area contributed by atoms with Crippen LogP contribution < -0.4 is 9.64 Å². The molecule has 0 bridgehead atoms. The summed E-state index contributed by atoms with van der Waals surface area (Å²) < 4.78 is 7.88. The lowest BCUT2D eigenvalue weighted by Gasteiger charge is -2.16. The zero-order chi connectivity index (χ0) is 20.4. The van der Waals surface area contributed by atoms with E-state index in [0.29, 0.717) is 17.7 Å². The molecule has 0 N–H and O–H groups in total. The van der Waals surface area contributed by atoms with E-state index in [0.717, 1.165) is 36.6 Å². The zero-order valence-electron chi connectivity index (χ0n) is 16.7. The van der Waals surface area contributed by atoms with Crippen molar-refractivity contribution in [1.29, 1.82) is 0 Å². The highest BCUT2D eigenvalue weighted by Gasteiger charge is 2.21. The summed E-state index contributed by atoms with van der Waals surface area (Å²) >= 11 is 1.72. The Balaban J connectivity index is 1.40. The minimum absolute atomic E-state index is 0.00864. The van der Waals surface area contributed by atoms with E-state index >= 15 is 0 Å². The number of ketones is 1.